The normalized spacial score (nSPS) is 21.6. The Kier molecular flexibility index (Phi) is 6.32. The Morgan fingerprint density at radius 1 is 1.31 bits per heavy atom. The van der Waals surface area contributed by atoms with Gasteiger partial charge in [0.25, 0.3) is 0 Å². The molecule has 0 aromatic rings. The van der Waals surface area contributed by atoms with E-state index in [9.17, 15) is 0 Å². The van der Waals surface area contributed by atoms with Gasteiger partial charge in [0.2, 0.25) is 0 Å². The van der Waals surface area contributed by atoms with Gasteiger partial charge in [-0.1, -0.05) is 0 Å². The van der Waals surface area contributed by atoms with E-state index in [-0.39, 0.29) is 0 Å². The van der Waals surface area contributed by atoms with Crippen molar-refractivity contribution in [1.82, 2.24) is 9.80 Å². The Morgan fingerprint density at radius 2 is 1.94 bits per heavy atom. The van der Waals surface area contributed by atoms with Crippen LogP contribution in [0.3, 0.4) is 0 Å². The van der Waals surface area contributed by atoms with Crippen LogP contribution >= 0.6 is 0 Å². The molecule has 96 valence electrons. The molecule has 1 rings (SSSR count). The third-order valence-electron chi connectivity index (χ3n) is 3.46. The van der Waals surface area contributed by atoms with Crippen LogP contribution in [0.15, 0.2) is 0 Å². The smallest absolute Gasteiger partial charge is 0.00109 e. The van der Waals surface area contributed by atoms with Crippen molar-refractivity contribution in [3.05, 3.63) is 0 Å². The van der Waals surface area contributed by atoms with E-state index < -0.39 is 0 Å². The molecule has 1 aliphatic rings. The quantitative estimate of drug-likeness (QED) is 0.744. The highest BCUT2D eigenvalue weighted by Crippen LogP contribution is 2.17. The fraction of sp³-hybridized carbons (Fsp3) is 1.00. The number of likely N-dealkylation sites (tertiary alicyclic amines) is 1. The standard InChI is InChI=1S/C13H29N3/c1-12(14)5-4-8-16-9-6-13(7-10-16)11-15(2)3/h12-13H,4-11,14H2,1-3H3. The largest absolute Gasteiger partial charge is 0.328 e. The molecular weight excluding hydrogens is 198 g/mol. The van der Waals surface area contributed by atoms with E-state index in [1.54, 1.807) is 0 Å². The zero-order chi connectivity index (χ0) is 12.0. The summed E-state index contributed by atoms with van der Waals surface area (Å²) in [5.41, 5.74) is 5.76. The van der Waals surface area contributed by atoms with E-state index in [4.69, 9.17) is 5.73 Å². The van der Waals surface area contributed by atoms with Crippen molar-refractivity contribution in [1.29, 1.82) is 0 Å². The van der Waals surface area contributed by atoms with Crippen LogP contribution in [0.1, 0.15) is 32.6 Å². The highest BCUT2D eigenvalue weighted by molar-refractivity contribution is 4.74. The van der Waals surface area contributed by atoms with Crippen LogP contribution in [0.4, 0.5) is 0 Å². The Balaban J connectivity index is 2.07. The zero-order valence-corrected chi connectivity index (χ0v) is 11.3. The van der Waals surface area contributed by atoms with Gasteiger partial charge in [-0.15, -0.1) is 0 Å². The fourth-order valence-corrected chi connectivity index (χ4v) is 2.55. The molecule has 3 nitrogen and oxygen atoms in total. The Hall–Kier alpha value is -0.120. The SMILES string of the molecule is CC(N)CCCN1CCC(CN(C)C)CC1. The maximum Gasteiger partial charge on any atom is 0.00109 e. The predicted octanol–water partition coefficient (Wildman–Crippen LogP) is 1.39. The maximum absolute atomic E-state index is 5.76. The van der Waals surface area contributed by atoms with Crippen molar-refractivity contribution in [2.75, 3.05) is 40.3 Å². The summed E-state index contributed by atoms with van der Waals surface area (Å²) in [6, 6.07) is 0.367. The van der Waals surface area contributed by atoms with Gasteiger partial charge >= 0.3 is 0 Å². The van der Waals surface area contributed by atoms with Crippen LogP contribution < -0.4 is 5.73 Å². The zero-order valence-electron chi connectivity index (χ0n) is 11.3. The van der Waals surface area contributed by atoms with Gasteiger partial charge in [0, 0.05) is 12.6 Å². The Bertz CT molecular complexity index is 172. The first-order valence-corrected chi connectivity index (χ1v) is 6.70. The molecule has 0 aliphatic carbocycles. The molecule has 1 heterocycles. The summed E-state index contributed by atoms with van der Waals surface area (Å²) < 4.78 is 0. The van der Waals surface area contributed by atoms with E-state index in [1.807, 2.05) is 0 Å². The summed E-state index contributed by atoms with van der Waals surface area (Å²) in [5.74, 6) is 0.916. The van der Waals surface area contributed by atoms with E-state index >= 15 is 0 Å². The molecule has 0 saturated carbocycles. The summed E-state index contributed by atoms with van der Waals surface area (Å²) in [6.45, 7) is 7.18. The van der Waals surface area contributed by atoms with Crippen LogP contribution in [-0.2, 0) is 0 Å². The molecule has 0 radical (unpaired) electrons. The number of nitrogens with two attached hydrogens (primary N) is 1. The van der Waals surface area contributed by atoms with Gasteiger partial charge in [-0.2, -0.15) is 0 Å². The molecule has 16 heavy (non-hydrogen) atoms. The van der Waals surface area contributed by atoms with Crippen molar-refractivity contribution in [2.24, 2.45) is 11.7 Å². The molecule has 1 atom stereocenters. The number of hydrogen-bond acceptors (Lipinski definition) is 3. The van der Waals surface area contributed by atoms with Gasteiger partial charge in [-0.05, 0) is 72.3 Å². The lowest BCUT2D eigenvalue weighted by molar-refractivity contribution is 0.160. The number of nitrogens with zero attached hydrogens (tertiary/aromatic N) is 2. The van der Waals surface area contributed by atoms with Crippen LogP contribution in [0.2, 0.25) is 0 Å². The first kappa shape index (κ1) is 13.9. The molecule has 1 saturated heterocycles. The van der Waals surface area contributed by atoms with E-state index in [1.165, 1.54) is 45.4 Å². The minimum Gasteiger partial charge on any atom is -0.328 e. The second-order valence-electron chi connectivity index (χ2n) is 5.67. The van der Waals surface area contributed by atoms with Crippen LogP contribution in [0.25, 0.3) is 0 Å². The van der Waals surface area contributed by atoms with Crippen molar-refractivity contribution >= 4 is 0 Å². The molecule has 0 spiro atoms. The van der Waals surface area contributed by atoms with Gasteiger partial charge in [0.1, 0.15) is 0 Å². The van der Waals surface area contributed by atoms with E-state index in [2.05, 4.69) is 30.8 Å². The topological polar surface area (TPSA) is 32.5 Å². The molecule has 2 N–H and O–H groups in total. The monoisotopic (exact) mass is 227 g/mol. The molecular formula is C13H29N3. The van der Waals surface area contributed by atoms with Crippen LogP contribution in [0, 0.1) is 5.92 Å². The first-order valence-electron chi connectivity index (χ1n) is 6.70. The van der Waals surface area contributed by atoms with Crippen LogP contribution in [0.5, 0.6) is 0 Å². The van der Waals surface area contributed by atoms with Crippen molar-refractivity contribution < 1.29 is 0 Å². The molecule has 1 fully saturated rings. The number of hydrogen-bond donors (Lipinski definition) is 1. The summed E-state index contributed by atoms with van der Waals surface area (Å²) >= 11 is 0. The van der Waals surface area contributed by atoms with Crippen molar-refractivity contribution in [2.45, 2.75) is 38.6 Å². The number of rotatable bonds is 6. The average Bonchev–Trinajstić information content (AvgIpc) is 2.19. The lowest BCUT2D eigenvalue weighted by Crippen LogP contribution is -2.37. The van der Waals surface area contributed by atoms with Crippen molar-refractivity contribution in [3.8, 4) is 0 Å². The molecule has 3 heteroatoms. The lowest BCUT2D eigenvalue weighted by atomic mass is 9.96. The van der Waals surface area contributed by atoms with Crippen LogP contribution in [-0.4, -0.2) is 56.1 Å². The second kappa shape index (κ2) is 7.25. The third-order valence-corrected chi connectivity index (χ3v) is 3.46. The fourth-order valence-electron chi connectivity index (χ4n) is 2.55. The van der Waals surface area contributed by atoms with Crippen molar-refractivity contribution in [3.63, 3.8) is 0 Å². The van der Waals surface area contributed by atoms with E-state index in [0.29, 0.717) is 6.04 Å². The highest BCUT2D eigenvalue weighted by atomic mass is 15.1. The Labute approximate surface area is 101 Å². The summed E-state index contributed by atoms with van der Waals surface area (Å²) in [4.78, 5) is 4.92. The van der Waals surface area contributed by atoms with Gasteiger partial charge in [-0.25, -0.2) is 0 Å². The minimum atomic E-state index is 0.367. The first-order chi connectivity index (χ1) is 7.58. The number of piperidine rings is 1. The second-order valence-corrected chi connectivity index (χ2v) is 5.67. The van der Waals surface area contributed by atoms with Gasteiger partial charge in [0.15, 0.2) is 0 Å². The van der Waals surface area contributed by atoms with Gasteiger partial charge in [-0.3, -0.25) is 0 Å². The molecule has 0 bridgehead atoms. The average molecular weight is 227 g/mol. The maximum atomic E-state index is 5.76. The summed E-state index contributed by atoms with van der Waals surface area (Å²) in [7, 11) is 4.35. The lowest BCUT2D eigenvalue weighted by Gasteiger charge is -2.33. The molecule has 0 aromatic carbocycles. The minimum absolute atomic E-state index is 0.367. The summed E-state index contributed by atoms with van der Waals surface area (Å²) in [5, 5.41) is 0. The third kappa shape index (κ3) is 5.83. The molecule has 0 aromatic heterocycles. The highest BCUT2D eigenvalue weighted by Gasteiger charge is 2.18. The molecule has 1 unspecified atom stereocenters. The molecule has 1 aliphatic heterocycles. The Morgan fingerprint density at radius 3 is 2.44 bits per heavy atom. The molecule has 0 amide bonds. The predicted molar refractivity (Wildman–Crippen MR) is 70.6 cm³/mol. The van der Waals surface area contributed by atoms with Gasteiger partial charge < -0.3 is 15.5 Å². The van der Waals surface area contributed by atoms with Gasteiger partial charge in [0.05, 0.1) is 0 Å². The van der Waals surface area contributed by atoms with E-state index in [0.717, 1.165) is 12.3 Å². The summed E-state index contributed by atoms with van der Waals surface area (Å²) in [6.07, 6.45) is 5.17.